The number of amides is 1. The summed E-state index contributed by atoms with van der Waals surface area (Å²) in [6, 6.07) is 16.3. The molecule has 0 atom stereocenters. The summed E-state index contributed by atoms with van der Waals surface area (Å²) in [6.07, 6.45) is 4.58. The molecule has 2 aromatic carbocycles. The molecule has 0 radical (unpaired) electrons. The number of carbonyl (C=O) groups excluding carboxylic acids is 1. The maximum Gasteiger partial charge on any atom is 0.258 e. The Bertz CT molecular complexity index is 1100. The van der Waals surface area contributed by atoms with Crippen molar-refractivity contribution in [1.82, 2.24) is 9.80 Å². The van der Waals surface area contributed by atoms with E-state index in [1.807, 2.05) is 41.3 Å². The predicted octanol–water partition coefficient (Wildman–Crippen LogP) is 5.26. The van der Waals surface area contributed by atoms with Crippen LogP contribution >= 0.6 is 0 Å². The second-order valence-corrected chi connectivity index (χ2v) is 9.66. The van der Waals surface area contributed by atoms with Crippen LogP contribution in [0, 0.1) is 5.92 Å². The molecule has 5 nitrogen and oxygen atoms in total. The van der Waals surface area contributed by atoms with Gasteiger partial charge in [0.25, 0.3) is 5.91 Å². The SMILES string of the molecule is C=C/C(OCC(C)C)=C(\C=C)N1CCN(Cc2cccc(C(=O)N3CCc4ccccc43)c2)CC1. The third kappa shape index (κ3) is 5.85. The van der Waals surface area contributed by atoms with E-state index in [0.29, 0.717) is 12.5 Å². The van der Waals surface area contributed by atoms with Gasteiger partial charge >= 0.3 is 0 Å². The Morgan fingerprint density at radius 3 is 2.49 bits per heavy atom. The monoisotopic (exact) mass is 471 g/mol. The zero-order valence-corrected chi connectivity index (χ0v) is 21.1. The summed E-state index contributed by atoms with van der Waals surface area (Å²) in [7, 11) is 0. The molecule has 2 aliphatic heterocycles. The lowest BCUT2D eigenvalue weighted by molar-refractivity contribution is 0.0989. The Kier molecular flexibility index (Phi) is 8.09. The van der Waals surface area contributed by atoms with Crippen molar-refractivity contribution in [1.29, 1.82) is 0 Å². The number of piperazine rings is 1. The van der Waals surface area contributed by atoms with E-state index in [1.54, 1.807) is 6.08 Å². The fourth-order valence-electron chi connectivity index (χ4n) is 4.79. The van der Waals surface area contributed by atoms with Gasteiger partial charge in [0.15, 0.2) is 0 Å². The fourth-order valence-corrected chi connectivity index (χ4v) is 4.79. The van der Waals surface area contributed by atoms with Gasteiger partial charge in [0, 0.05) is 50.5 Å². The van der Waals surface area contributed by atoms with Crippen molar-refractivity contribution < 1.29 is 9.53 Å². The molecule has 0 aromatic heterocycles. The van der Waals surface area contributed by atoms with Crippen molar-refractivity contribution in [3.63, 3.8) is 0 Å². The normalized spacial score (nSPS) is 16.7. The van der Waals surface area contributed by atoms with Gasteiger partial charge in [-0.15, -0.1) is 0 Å². The largest absolute Gasteiger partial charge is 0.491 e. The van der Waals surface area contributed by atoms with Gasteiger partial charge in [-0.1, -0.05) is 57.3 Å². The summed E-state index contributed by atoms with van der Waals surface area (Å²) in [5.74, 6) is 1.34. The number of hydrogen-bond donors (Lipinski definition) is 0. The van der Waals surface area contributed by atoms with Gasteiger partial charge in [-0.3, -0.25) is 9.69 Å². The van der Waals surface area contributed by atoms with E-state index in [1.165, 1.54) is 11.1 Å². The summed E-state index contributed by atoms with van der Waals surface area (Å²) in [5.41, 5.74) is 5.23. The summed E-state index contributed by atoms with van der Waals surface area (Å²) < 4.78 is 5.98. The second-order valence-electron chi connectivity index (χ2n) is 9.66. The minimum Gasteiger partial charge on any atom is -0.491 e. The number of ether oxygens (including phenoxy) is 1. The van der Waals surface area contributed by atoms with Crippen LogP contribution < -0.4 is 4.90 Å². The zero-order chi connectivity index (χ0) is 24.8. The molecule has 1 fully saturated rings. The molecule has 0 spiro atoms. The molecule has 2 heterocycles. The van der Waals surface area contributed by atoms with Crippen LogP contribution in [0.3, 0.4) is 0 Å². The third-order valence-electron chi connectivity index (χ3n) is 6.63. The number of para-hydroxylation sites is 1. The van der Waals surface area contributed by atoms with Gasteiger partial charge in [-0.05, 0) is 53.8 Å². The number of rotatable bonds is 9. The number of hydrogen-bond acceptors (Lipinski definition) is 4. The lowest BCUT2D eigenvalue weighted by Crippen LogP contribution is -2.45. The van der Waals surface area contributed by atoms with Crippen LogP contribution in [0.4, 0.5) is 5.69 Å². The number of carbonyl (C=O) groups is 1. The van der Waals surface area contributed by atoms with Crippen molar-refractivity contribution in [2.75, 3.05) is 44.2 Å². The minimum atomic E-state index is 0.0840. The Morgan fingerprint density at radius 2 is 1.77 bits per heavy atom. The Hall–Kier alpha value is -3.31. The van der Waals surface area contributed by atoms with Gasteiger partial charge in [0.05, 0.1) is 12.3 Å². The summed E-state index contributed by atoms with van der Waals surface area (Å²) in [5, 5.41) is 0. The summed E-state index contributed by atoms with van der Waals surface area (Å²) >= 11 is 0. The van der Waals surface area contributed by atoms with Crippen LogP contribution in [0.15, 0.2) is 85.3 Å². The Morgan fingerprint density at radius 1 is 1.00 bits per heavy atom. The highest BCUT2D eigenvalue weighted by Gasteiger charge is 2.25. The van der Waals surface area contributed by atoms with Crippen molar-refractivity contribution in [3.05, 3.63) is 102 Å². The third-order valence-corrected chi connectivity index (χ3v) is 6.63. The van der Waals surface area contributed by atoms with E-state index in [0.717, 1.165) is 68.4 Å². The molecular formula is C30H37N3O2. The van der Waals surface area contributed by atoms with Gasteiger partial charge in [0.2, 0.25) is 0 Å². The van der Waals surface area contributed by atoms with Crippen molar-refractivity contribution in [3.8, 4) is 0 Å². The number of nitrogens with zero attached hydrogens (tertiary/aromatic N) is 3. The average molecular weight is 472 g/mol. The topological polar surface area (TPSA) is 36.0 Å². The van der Waals surface area contributed by atoms with E-state index < -0.39 is 0 Å². The minimum absolute atomic E-state index is 0.0840. The maximum absolute atomic E-state index is 13.3. The Labute approximate surface area is 210 Å². The Balaban J connectivity index is 1.38. The number of allylic oxidation sites excluding steroid dienone is 2. The quantitative estimate of drug-likeness (QED) is 0.369. The smallest absolute Gasteiger partial charge is 0.258 e. The maximum atomic E-state index is 13.3. The van der Waals surface area contributed by atoms with Gasteiger partial charge < -0.3 is 14.5 Å². The zero-order valence-electron chi connectivity index (χ0n) is 21.1. The highest BCUT2D eigenvalue weighted by molar-refractivity contribution is 6.07. The van der Waals surface area contributed by atoms with Gasteiger partial charge in [-0.25, -0.2) is 0 Å². The van der Waals surface area contributed by atoms with Crippen LogP contribution in [0.25, 0.3) is 0 Å². The van der Waals surface area contributed by atoms with Crippen molar-refractivity contribution in [2.24, 2.45) is 5.92 Å². The molecule has 184 valence electrons. The van der Waals surface area contributed by atoms with Crippen molar-refractivity contribution >= 4 is 11.6 Å². The first-order valence-corrected chi connectivity index (χ1v) is 12.6. The molecule has 35 heavy (non-hydrogen) atoms. The number of fused-ring (bicyclic) bond motifs is 1. The van der Waals surface area contributed by atoms with Crippen LogP contribution in [0.2, 0.25) is 0 Å². The molecule has 2 aromatic rings. The van der Waals surface area contributed by atoms with Crippen LogP contribution in [-0.4, -0.2) is 55.0 Å². The number of anilines is 1. The molecule has 2 aliphatic rings. The van der Waals surface area contributed by atoms with Crippen LogP contribution in [-0.2, 0) is 17.7 Å². The summed E-state index contributed by atoms with van der Waals surface area (Å²) in [6.45, 7) is 18.1. The fraction of sp³-hybridized carbons (Fsp3) is 0.367. The lowest BCUT2D eigenvalue weighted by Gasteiger charge is -2.37. The van der Waals surface area contributed by atoms with Crippen LogP contribution in [0.5, 0.6) is 0 Å². The van der Waals surface area contributed by atoms with Gasteiger partial charge in [-0.2, -0.15) is 0 Å². The van der Waals surface area contributed by atoms with Crippen molar-refractivity contribution in [2.45, 2.75) is 26.8 Å². The number of benzene rings is 2. The lowest BCUT2D eigenvalue weighted by atomic mass is 10.1. The molecular weight excluding hydrogens is 434 g/mol. The predicted molar refractivity (Wildman–Crippen MR) is 143 cm³/mol. The molecule has 0 unspecified atom stereocenters. The van der Waals surface area contributed by atoms with E-state index in [4.69, 9.17) is 4.74 Å². The first kappa shape index (κ1) is 24.8. The highest BCUT2D eigenvalue weighted by atomic mass is 16.5. The average Bonchev–Trinajstić information content (AvgIpc) is 3.31. The molecule has 1 saturated heterocycles. The molecule has 1 amide bonds. The molecule has 0 N–H and O–H groups in total. The molecule has 0 saturated carbocycles. The second kappa shape index (κ2) is 11.4. The molecule has 5 heteroatoms. The summed E-state index contributed by atoms with van der Waals surface area (Å²) in [4.78, 5) is 19.9. The first-order chi connectivity index (χ1) is 17.0. The molecule has 0 aliphatic carbocycles. The standard InChI is InChI=1S/C30H37N3O2/c1-5-27(29(6-2)35-22-23(3)4)32-18-16-31(17-19-32)21-24-10-9-12-26(20-24)30(34)33-15-14-25-11-7-8-13-28(25)33/h5-13,20,23H,1-2,14-19,21-22H2,3-4H3/b29-27-. The van der Waals surface area contributed by atoms with Crippen LogP contribution in [0.1, 0.15) is 35.3 Å². The van der Waals surface area contributed by atoms with Gasteiger partial charge in [0.1, 0.15) is 5.76 Å². The van der Waals surface area contributed by atoms with E-state index >= 15 is 0 Å². The van der Waals surface area contributed by atoms with E-state index in [-0.39, 0.29) is 5.91 Å². The molecule has 4 rings (SSSR count). The highest BCUT2D eigenvalue weighted by Crippen LogP contribution is 2.29. The molecule has 0 bridgehead atoms. The first-order valence-electron chi connectivity index (χ1n) is 12.6. The van der Waals surface area contributed by atoms with E-state index in [9.17, 15) is 4.79 Å². The van der Waals surface area contributed by atoms with E-state index in [2.05, 4.69) is 55.0 Å².